The summed E-state index contributed by atoms with van der Waals surface area (Å²) in [7, 11) is 0. The number of aromatic nitrogens is 2. The van der Waals surface area contributed by atoms with Crippen LogP contribution in [-0.2, 0) is 6.42 Å². The van der Waals surface area contributed by atoms with Crippen LogP contribution in [0.2, 0.25) is 0 Å². The van der Waals surface area contributed by atoms with E-state index in [4.69, 9.17) is 0 Å². The van der Waals surface area contributed by atoms with Crippen molar-refractivity contribution < 1.29 is 20.4 Å². The monoisotopic (exact) mass is 379 g/mol. The Hall–Kier alpha value is -1.65. The molecule has 0 aromatic carbocycles. The predicted molar refractivity (Wildman–Crippen MR) is 101 cm³/mol. The molecule has 27 heavy (non-hydrogen) atoms. The van der Waals surface area contributed by atoms with E-state index < -0.39 is 24.4 Å². The number of unbranched alkanes of at least 4 members (excludes halogenated alkanes) is 3. The summed E-state index contributed by atoms with van der Waals surface area (Å²) in [5.41, 5.74) is 1.80. The first-order valence-electron chi connectivity index (χ1n) is 9.61. The molecule has 2 aliphatic rings. The van der Waals surface area contributed by atoms with Crippen LogP contribution in [0, 0.1) is 0 Å². The fourth-order valence-corrected chi connectivity index (χ4v) is 3.69. The first kappa shape index (κ1) is 20.1. The van der Waals surface area contributed by atoms with Crippen molar-refractivity contribution in [2.45, 2.75) is 56.5 Å². The van der Waals surface area contributed by atoms with E-state index in [2.05, 4.69) is 20.3 Å². The van der Waals surface area contributed by atoms with Crippen LogP contribution in [0.4, 0.5) is 11.5 Å². The highest BCUT2D eigenvalue weighted by atomic mass is 16.4. The summed E-state index contributed by atoms with van der Waals surface area (Å²) in [4.78, 5) is 14.6. The van der Waals surface area contributed by atoms with Crippen LogP contribution in [0.15, 0.2) is 11.3 Å². The smallest absolute Gasteiger partial charge is 0.155 e. The Bertz CT molecular complexity index is 644. The second kappa shape index (κ2) is 9.52. The van der Waals surface area contributed by atoms with Crippen molar-refractivity contribution in [1.29, 1.82) is 0 Å². The van der Waals surface area contributed by atoms with E-state index in [1.807, 2.05) is 11.1 Å². The highest BCUT2D eigenvalue weighted by Crippen LogP contribution is 2.28. The molecule has 0 aliphatic carbocycles. The maximum Gasteiger partial charge on any atom is 0.155 e. The van der Waals surface area contributed by atoms with Gasteiger partial charge in [0.2, 0.25) is 0 Å². The minimum atomic E-state index is -1.20. The van der Waals surface area contributed by atoms with E-state index in [0.717, 1.165) is 55.8 Å². The maximum atomic E-state index is 9.99. The topological polar surface area (TPSA) is 134 Å². The second-order valence-electron chi connectivity index (χ2n) is 7.17. The number of likely N-dealkylation sites (tertiary alicyclic amines) is 1. The molecule has 0 unspecified atom stereocenters. The molecule has 0 bridgehead atoms. The van der Waals surface area contributed by atoms with Crippen molar-refractivity contribution in [1.82, 2.24) is 14.9 Å². The zero-order valence-corrected chi connectivity index (χ0v) is 15.4. The normalized spacial score (nSPS) is 27.7. The lowest BCUT2D eigenvalue weighted by Gasteiger charge is -2.43. The van der Waals surface area contributed by atoms with Gasteiger partial charge < -0.3 is 25.7 Å². The Morgan fingerprint density at radius 1 is 1.07 bits per heavy atom. The number of anilines is 1. The van der Waals surface area contributed by atoms with Crippen LogP contribution in [0.1, 0.15) is 31.4 Å². The molecule has 1 saturated heterocycles. The first-order chi connectivity index (χ1) is 13.1. The van der Waals surface area contributed by atoms with Crippen LogP contribution in [0.25, 0.3) is 0 Å². The average Bonchev–Trinajstić information content (AvgIpc) is 3.15. The second-order valence-corrected chi connectivity index (χ2v) is 7.17. The van der Waals surface area contributed by atoms with Gasteiger partial charge in [-0.2, -0.15) is 0 Å². The molecule has 1 aromatic heterocycles. The van der Waals surface area contributed by atoms with Gasteiger partial charge in [-0.25, -0.2) is 9.97 Å². The van der Waals surface area contributed by atoms with Gasteiger partial charge in [0.05, 0.1) is 24.4 Å². The standard InChI is InChI=1S/C18H29N5O4/c24-10-13-16(26)17(27)14(25)9-23(13)8-4-2-1-3-6-20-18-15-12(5-7-19-15)21-11-22-18/h7,11,13-14,16-17,24-27H,1-6,8-10H2,(H,20,21,22)/t13-,14+,16-,17-/m1/s1. The van der Waals surface area contributed by atoms with E-state index in [1.165, 1.54) is 0 Å². The SMILES string of the molecule is OC[C@@H]1[C@@H](O)[C@H](O)[C@@H](O)CN1CCCCCCNc1ncnc2c1N=CC2. The Balaban J connectivity index is 1.33. The predicted octanol–water partition coefficient (Wildman–Crippen LogP) is -0.533. The van der Waals surface area contributed by atoms with Gasteiger partial charge in [-0.3, -0.25) is 9.89 Å². The van der Waals surface area contributed by atoms with E-state index in [-0.39, 0.29) is 13.2 Å². The summed E-state index contributed by atoms with van der Waals surface area (Å²) in [5.74, 6) is 0.786. The Labute approximate surface area is 158 Å². The van der Waals surface area contributed by atoms with Crippen LogP contribution in [0.5, 0.6) is 0 Å². The highest BCUT2D eigenvalue weighted by Gasteiger charge is 2.40. The third kappa shape index (κ3) is 4.80. The summed E-state index contributed by atoms with van der Waals surface area (Å²) in [5, 5.41) is 42.3. The molecule has 3 rings (SSSR count). The quantitative estimate of drug-likeness (QED) is 0.361. The largest absolute Gasteiger partial charge is 0.395 e. The number of aliphatic imine (C=N–C) groups is 1. The van der Waals surface area contributed by atoms with Gasteiger partial charge in [0, 0.05) is 25.7 Å². The molecule has 3 heterocycles. The number of nitrogens with one attached hydrogen (secondary N) is 1. The van der Waals surface area contributed by atoms with E-state index in [0.29, 0.717) is 6.54 Å². The zero-order chi connectivity index (χ0) is 19.2. The lowest BCUT2D eigenvalue weighted by atomic mass is 9.94. The molecule has 0 amide bonds. The summed E-state index contributed by atoms with van der Waals surface area (Å²) >= 11 is 0. The molecule has 0 spiro atoms. The number of aliphatic hydroxyl groups excluding tert-OH is 4. The molecular weight excluding hydrogens is 350 g/mol. The van der Waals surface area contributed by atoms with Crippen molar-refractivity contribution in [2.24, 2.45) is 4.99 Å². The van der Waals surface area contributed by atoms with Gasteiger partial charge in [0.25, 0.3) is 0 Å². The van der Waals surface area contributed by atoms with Gasteiger partial charge >= 0.3 is 0 Å². The lowest BCUT2D eigenvalue weighted by molar-refractivity contribution is -0.145. The average molecular weight is 379 g/mol. The summed E-state index contributed by atoms with van der Waals surface area (Å²) < 4.78 is 0. The number of nitrogens with zero attached hydrogens (tertiary/aromatic N) is 4. The van der Waals surface area contributed by atoms with Gasteiger partial charge in [-0.15, -0.1) is 0 Å². The number of aliphatic hydroxyl groups is 4. The maximum absolute atomic E-state index is 9.99. The summed E-state index contributed by atoms with van der Waals surface area (Å²) in [6.45, 7) is 1.52. The number of hydrogen-bond donors (Lipinski definition) is 5. The molecule has 1 fully saturated rings. The van der Waals surface area contributed by atoms with Gasteiger partial charge in [0.1, 0.15) is 24.2 Å². The molecular formula is C18H29N5O4. The van der Waals surface area contributed by atoms with E-state index in [1.54, 1.807) is 6.33 Å². The first-order valence-corrected chi connectivity index (χ1v) is 9.61. The molecule has 4 atom stereocenters. The fourth-order valence-electron chi connectivity index (χ4n) is 3.69. The molecule has 0 radical (unpaired) electrons. The third-order valence-electron chi connectivity index (χ3n) is 5.28. The molecule has 150 valence electrons. The van der Waals surface area contributed by atoms with Crippen molar-refractivity contribution in [3.8, 4) is 0 Å². The zero-order valence-electron chi connectivity index (χ0n) is 15.4. The molecule has 9 nitrogen and oxygen atoms in total. The molecule has 5 N–H and O–H groups in total. The summed E-state index contributed by atoms with van der Waals surface area (Å²) in [6, 6.07) is -0.523. The molecule has 0 saturated carbocycles. The van der Waals surface area contributed by atoms with Crippen LogP contribution in [0.3, 0.4) is 0 Å². The lowest BCUT2D eigenvalue weighted by Crippen LogP contribution is -2.62. The minimum absolute atomic E-state index is 0.236. The van der Waals surface area contributed by atoms with Crippen molar-refractivity contribution >= 4 is 17.7 Å². The van der Waals surface area contributed by atoms with Gasteiger partial charge in [-0.05, 0) is 19.4 Å². The fraction of sp³-hybridized carbons (Fsp3) is 0.722. The molecule has 1 aromatic rings. The number of β-amino-alcohol motifs (C(OH)–C–C–N with tert-alkyl or cyclic N) is 1. The molecule has 9 heteroatoms. The Morgan fingerprint density at radius 3 is 2.70 bits per heavy atom. The minimum Gasteiger partial charge on any atom is -0.395 e. The highest BCUT2D eigenvalue weighted by molar-refractivity contribution is 5.80. The number of rotatable bonds is 9. The molecule has 2 aliphatic heterocycles. The number of fused-ring (bicyclic) bond motifs is 1. The van der Waals surface area contributed by atoms with Crippen LogP contribution < -0.4 is 5.32 Å². The van der Waals surface area contributed by atoms with E-state index >= 15 is 0 Å². The Kier molecular flexibility index (Phi) is 7.08. The van der Waals surface area contributed by atoms with Crippen LogP contribution >= 0.6 is 0 Å². The van der Waals surface area contributed by atoms with Gasteiger partial charge in [0.15, 0.2) is 5.82 Å². The van der Waals surface area contributed by atoms with Gasteiger partial charge in [-0.1, -0.05) is 12.8 Å². The number of hydrogen-bond acceptors (Lipinski definition) is 9. The van der Waals surface area contributed by atoms with Crippen LogP contribution in [-0.4, -0.2) is 92.1 Å². The van der Waals surface area contributed by atoms with E-state index in [9.17, 15) is 20.4 Å². The Morgan fingerprint density at radius 2 is 1.89 bits per heavy atom. The van der Waals surface area contributed by atoms with Crippen molar-refractivity contribution in [3.63, 3.8) is 0 Å². The van der Waals surface area contributed by atoms with Crippen molar-refractivity contribution in [2.75, 3.05) is 31.6 Å². The number of piperidine rings is 1. The summed E-state index contributed by atoms with van der Waals surface area (Å²) in [6.07, 6.45) is 4.80. The third-order valence-corrected chi connectivity index (χ3v) is 5.28. The van der Waals surface area contributed by atoms with Crippen molar-refractivity contribution in [3.05, 3.63) is 12.0 Å².